The van der Waals surface area contributed by atoms with Gasteiger partial charge < -0.3 is 10.6 Å². The Balaban J connectivity index is 1.40. The van der Waals surface area contributed by atoms with E-state index in [4.69, 9.17) is 0 Å². The third-order valence-corrected chi connectivity index (χ3v) is 5.68. The quantitative estimate of drug-likeness (QED) is 0.395. The molecular formula is C21H19N7O3S. The fourth-order valence-corrected chi connectivity index (χ4v) is 3.88. The Labute approximate surface area is 184 Å². The highest BCUT2D eigenvalue weighted by Gasteiger charge is 2.14. The molecule has 0 spiro atoms. The van der Waals surface area contributed by atoms with Gasteiger partial charge in [-0.25, -0.2) is 13.1 Å². The Morgan fingerprint density at radius 2 is 1.56 bits per heavy atom. The maximum Gasteiger partial charge on any atom is 0.261 e. The second-order valence-corrected chi connectivity index (χ2v) is 8.42. The van der Waals surface area contributed by atoms with Gasteiger partial charge in [-0.1, -0.05) is 0 Å². The van der Waals surface area contributed by atoms with Crippen molar-refractivity contribution in [2.45, 2.75) is 11.8 Å². The molecule has 0 aliphatic carbocycles. The van der Waals surface area contributed by atoms with Gasteiger partial charge in [-0.05, 0) is 66.7 Å². The number of rotatable bonds is 7. The van der Waals surface area contributed by atoms with E-state index in [1.54, 1.807) is 59.5 Å². The highest BCUT2D eigenvalue weighted by Crippen LogP contribution is 2.21. The number of carbonyl (C=O) groups excluding carboxylic acids is 1. The van der Waals surface area contributed by atoms with Crippen LogP contribution in [0.1, 0.15) is 6.92 Å². The number of nitrogens with one attached hydrogen (secondary N) is 3. The Morgan fingerprint density at radius 1 is 0.875 bits per heavy atom. The number of hydrogen-bond acceptors (Lipinski definition) is 7. The highest BCUT2D eigenvalue weighted by molar-refractivity contribution is 7.92. The van der Waals surface area contributed by atoms with Crippen LogP contribution < -0.4 is 15.4 Å². The molecule has 0 unspecified atom stereocenters. The van der Waals surface area contributed by atoms with E-state index < -0.39 is 10.0 Å². The van der Waals surface area contributed by atoms with Gasteiger partial charge in [0.25, 0.3) is 10.0 Å². The van der Waals surface area contributed by atoms with Crippen LogP contribution in [-0.4, -0.2) is 34.3 Å². The van der Waals surface area contributed by atoms with E-state index in [0.29, 0.717) is 28.7 Å². The minimum atomic E-state index is -3.77. The van der Waals surface area contributed by atoms with Crippen molar-refractivity contribution in [3.05, 3.63) is 79.1 Å². The van der Waals surface area contributed by atoms with Gasteiger partial charge in [-0.15, -0.1) is 10.2 Å². The smallest absolute Gasteiger partial charge is 0.261 e. The summed E-state index contributed by atoms with van der Waals surface area (Å²) in [7, 11) is -3.77. The molecule has 2 aromatic carbocycles. The maximum atomic E-state index is 12.6. The second kappa shape index (κ2) is 8.86. The molecule has 2 heterocycles. The molecule has 1 amide bonds. The minimum absolute atomic E-state index is 0.0846. The van der Waals surface area contributed by atoms with Gasteiger partial charge in [0.15, 0.2) is 11.6 Å². The van der Waals surface area contributed by atoms with E-state index in [9.17, 15) is 13.2 Å². The van der Waals surface area contributed by atoms with Crippen LogP contribution in [0.5, 0.6) is 0 Å². The third kappa shape index (κ3) is 5.08. The monoisotopic (exact) mass is 449 g/mol. The zero-order valence-electron chi connectivity index (χ0n) is 16.9. The van der Waals surface area contributed by atoms with E-state index in [1.807, 2.05) is 0 Å². The molecule has 0 saturated heterocycles. The average Bonchev–Trinajstić information content (AvgIpc) is 3.30. The van der Waals surface area contributed by atoms with Crippen molar-refractivity contribution < 1.29 is 13.2 Å². The first-order valence-electron chi connectivity index (χ1n) is 9.50. The molecule has 0 saturated carbocycles. The van der Waals surface area contributed by atoms with E-state index in [-0.39, 0.29) is 10.8 Å². The normalized spacial score (nSPS) is 11.0. The predicted octanol–water partition coefficient (Wildman–Crippen LogP) is 3.17. The molecule has 32 heavy (non-hydrogen) atoms. The fraction of sp³-hybridized carbons (Fsp3) is 0.0476. The molecule has 0 fully saturated rings. The number of hydrogen-bond donors (Lipinski definition) is 3. The van der Waals surface area contributed by atoms with E-state index in [2.05, 4.69) is 30.7 Å². The summed E-state index contributed by atoms with van der Waals surface area (Å²) in [6, 6.07) is 18.0. The van der Waals surface area contributed by atoms with Crippen molar-refractivity contribution in [2.75, 3.05) is 15.4 Å². The van der Waals surface area contributed by atoms with Crippen LogP contribution in [0.25, 0.3) is 5.82 Å². The number of nitrogens with zero attached hydrogens (tertiary/aromatic N) is 4. The van der Waals surface area contributed by atoms with Crippen molar-refractivity contribution in [2.24, 2.45) is 0 Å². The van der Waals surface area contributed by atoms with Crippen LogP contribution in [0.4, 0.5) is 22.9 Å². The number of aromatic nitrogens is 4. The first-order chi connectivity index (χ1) is 15.4. The molecule has 10 nitrogen and oxygen atoms in total. The molecule has 0 aliphatic rings. The molecule has 0 aliphatic heterocycles. The summed E-state index contributed by atoms with van der Waals surface area (Å²) in [6.45, 7) is 1.38. The summed E-state index contributed by atoms with van der Waals surface area (Å²) in [5.41, 5.74) is 1.64. The average molecular weight is 449 g/mol. The molecule has 3 N–H and O–H groups in total. The van der Waals surface area contributed by atoms with Gasteiger partial charge >= 0.3 is 0 Å². The van der Waals surface area contributed by atoms with Crippen molar-refractivity contribution in [1.82, 2.24) is 20.0 Å². The number of carbonyl (C=O) groups is 1. The molecule has 4 aromatic rings. The topological polar surface area (TPSA) is 131 Å². The van der Waals surface area contributed by atoms with Gasteiger partial charge in [0.1, 0.15) is 0 Å². The lowest BCUT2D eigenvalue weighted by molar-refractivity contribution is -0.114. The standard InChI is InChI=1S/C21H19N7O3S/c1-15(29)23-16-7-9-19(10-8-16)32(30,31)27-18-5-3-17(4-6-18)24-20-11-12-21(26-25-20)28-14-2-13-22-28/h2-14,27H,1H3,(H,23,29)(H,24,25). The third-order valence-electron chi connectivity index (χ3n) is 4.28. The number of amides is 1. The SMILES string of the molecule is CC(=O)Nc1ccc(S(=O)(=O)Nc2ccc(Nc3ccc(-n4cccn4)nn3)cc2)cc1. The Morgan fingerprint density at radius 3 is 2.16 bits per heavy atom. The number of sulfonamides is 1. The van der Waals surface area contributed by atoms with Crippen molar-refractivity contribution in [1.29, 1.82) is 0 Å². The number of benzene rings is 2. The van der Waals surface area contributed by atoms with E-state index in [0.717, 1.165) is 0 Å². The predicted molar refractivity (Wildman–Crippen MR) is 120 cm³/mol. The molecule has 11 heteroatoms. The lowest BCUT2D eigenvalue weighted by Gasteiger charge is -2.10. The van der Waals surface area contributed by atoms with Crippen LogP contribution in [0.3, 0.4) is 0 Å². The summed E-state index contributed by atoms with van der Waals surface area (Å²) >= 11 is 0. The van der Waals surface area contributed by atoms with Crippen molar-refractivity contribution in [3.8, 4) is 5.82 Å². The summed E-state index contributed by atoms with van der Waals surface area (Å²) < 4.78 is 29.3. The van der Waals surface area contributed by atoms with Gasteiger partial charge in [0.2, 0.25) is 5.91 Å². The Hall–Kier alpha value is -4.25. The molecule has 0 radical (unpaired) electrons. The van der Waals surface area contributed by atoms with Crippen LogP contribution >= 0.6 is 0 Å². The molecule has 162 valence electrons. The second-order valence-electron chi connectivity index (χ2n) is 6.74. The molecule has 2 aromatic heterocycles. The van der Waals surface area contributed by atoms with Gasteiger partial charge in [-0.2, -0.15) is 5.10 Å². The van der Waals surface area contributed by atoms with Crippen LogP contribution in [0, 0.1) is 0 Å². The van der Waals surface area contributed by atoms with Crippen molar-refractivity contribution >= 4 is 38.8 Å². The molecule has 0 bridgehead atoms. The maximum absolute atomic E-state index is 12.6. The zero-order chi connectivity index (χ0) is 22.6. The Kier molecular flexibility index (Phi) is 5.81. The van der Waals surface area contributed by atoms with Crippen LogP contribution in [-0.2, 0) is 14.8 Å². The van der Waals surface area contributed by atoms with Crippen molar-refractivity contribution in [3.63, 3.8) is 0 Å². The van der Waals surface area contributed by atoms with Crippen LogP contribution in [0.15, 0.2) is 84.0 Å². The summed E-state index contributed by atoms with van der Waals surface area (Å²) in [5, 5.41) is 18.0. The largest absolute Gasteiger partial charge is 0.339 e. The van der Waals surface area contributed by atoms with Gasteiger partial charge in [0, 0.05) is 36.4 Å². The zero-order valence-corrected chi connectivity index (χ0v) is 17.7. The number of anilines is 4. The molecular weight excluding hydrogens is 430 g/mol. The summed E-state index contributed by atoms with van der Waals surface area (Å²) in [5.74, 6) is 0.899. The highest BCUT2D eigenvalue weighted by atomic mass is 32.2. The van der Waals surface area contributed by atoms with E-state index in [1.165, 1.54) is 31.2 Å². The van der Waals surface area contributed by atoms with Gasteiger partial charge in [-0.3, -0.25) is 9.52 Å². The summed E-state index contributed by atoms with van der Waals surface area (Å²) in [6.07, 6.45) is 3.43. The van der Waals surface area contributed by atoms with Crippen LogP contribution in [0.2, 0.25) is 0 Å². The van der Waals surface area contributed by atoms with Gasteiger partial charge in [0.05, 0.1) is 4.90 Å². The minimum Gasteiger partial charge on any atom is -0.339 e. The fourth-order valence-electron chi connectivity index (χ4n) is 2.82. The molecule has 0 atom stereocenters. The lowest BCUT2D eigenvalue weighted by atomic mass is 10.3. The molecule has 4 rings (SSSR count). The lowest BCUT2D eigenvalue weighted by Crippen LogP contribution is -2.13. The summed E-state index contributed by atoms with van der Waals surface area (Å²) in [4.78, 5) is 11.2. The first-order valence-corrected chi connectivity index (χ1v) is 11.0. The van der Waals surface area contributed by atoms with E-state index >= 15 is 0 Å². The Bertz CT molecular complexity index is 1300. The first kappa shape index (κ1) is 21.0.